The van der Waals surface area contributed by atoms with E-state index in [1.54, 1.807) is 24.5 Å². The highest BCUT2D eigenvalue weighted by atomic mass is 16.2. The first-order valence-electron chi connectivity index (χ1n) is 9.08. The van der Waals surface area contributed by atoms with Gasteiger partial charge in [-0.25, -0.2) is 0 Å². The predicted molar refractivity (Wildman–Crippen MR) is 101 cm³/mol. The lowest BCUT2D eigenvalue weighted by Gasteiger charge is -2.26. The summed E-state index contributed by atoms with van der Waals surface area (Å²) in [5, 5.41) is 7.87. The van der Waals surface area contributed by atoms with Gasteiger partial charge in [-0.15, -0.1) is 0 Å². The van der Waals surface area contributed by atoms with Crippen molar-refractivity contribution in [2.24, 2.45) is 0 Å². The number of benzene rings is 1. The van der Waals surface area contributed by atoms with Crippen molar-refractivity contribution in [1.82, 2.24) is 25.0 Å². The molecule has 1 atom stereocenters. The molecule has 4 rings (SSSR count). The minimum Gasteiger partial charge on any atom is -0.337 e. The van der Waals surface area contributed by atoms with E-state index in [0.29, 0.717) is 30.9 Å². The van der Waals surface area contributed by atoms with Gasteiger partial charge < -0.3 is 9.80 Å². The van der Waals surface area contributed by atoms with Gasteiger partial charge in [-0.1, -0.05) is 12.1 Å². The Morgan fingerprint density at radius 3 is 2.81 bits per heavy atom. The van der Waals surface area contributed by atoms with Gasteiger partial charge in [-0.05, 0) is 37.6 Å². The molecule has 1 N–H and O–H groups in total. The third-order valence-corrected chi connectivity index (χ3v) is 5.08. The van der Waals surface area contributed by atoms with Crippen molar-refractivity contribution >= 4 is 22.7 Å². The molecule has 0 radical (unpaired) electrons. The Bertz CT molecular complexity index is 969. The van der Waals surface area contributed by atoms with Crippen LogP contribution < -0.4 is 0 Å². The van der Waals surface area contributed by atoms with Gasteiger partial charge >= 0.3 is 0 Å². The summed E-state index contributed by atoms with van der Waals surface area (Å²) in [6, 6.07) is 10.9. The van der Waals surface area contributed by atoms with Crippen LogP contribution >= 0.6 is 0 Å². The van der Waals surface area contributed by atoms with Crippen LogP contribution in [0.1, 0.15) is 34.2 Å². The van der Waals surface area contributed by atoms with E-state index in [4.69, 9.17) is 0 Å². The predicted octanol–water partition coefficient (Wildman–Crippen LogP) is 2.33. The van der Waals surface area contributed by atoms with Crippen LogP contribution in [-0.4, -0.2) is 62.5 Å². The molecule has 1 unspecified atom stereocenters. The molecule has 2 amide bonds. The molecule has 7 heteroatoms. The van der Waals surface area contributed by atoms with Crippen LogP contribution in [0.4, 0.5) is 0 Å². The zero-order valence-corrected chi connectivity index (χ0v) is 15.1. The Morgan fingerprint density at radius 1 is 1.11 bits per heavy atom. The number of pyridine rings is 1. The van der Waals surface area contributed by atoms with E-state index in [9.17, 15) is 9.59 Å². The summed E-state index contributed by atoms with van der Waals surface area (Å²) in [7, 11) is 0. The minimum atomic E-state index is -0.0868. The number of aromatic amines is 1. The van der Waals surface area contributed by atoms with Crippen molar-refractivity contribution in [3.05, 3.63) is 60.0 Å². The van der Waals surface area contributed by atoms with Crippen molar-refractivity contribution in [3.8, 4) is 0 Å². The highest BCUT2D eigenvalue weighted by Gasteiger charge is 2.28. The molecule has 0 bridgehead atoms. The van der Waals surface area contributed by atoms with Crippen LogP contribution in [0.2, 0.25) is 0 Å². The lowest BCUT2D eigenvalue weighted by molar-refractivity contribution is 0.0678. The van der Waals surface area contributed by atoms with E-state index in [-0.39, 0.29) is 17.9 Å². The number of nitrogens with one attached hydrogen (secondary N) is 1. The smallest absolute Gasteiger partial charge is 0.272 e. The van der Waals surface area contributed by atoms with Gasteiger partial charge in [-0.2, -0.15) is 5.10 Å². The van der Waals surface area contributed by atoms with Crippen molar-refractivity contribution in [2.45, 2.75) is 19.4 Å². The molecule has 1 aromatic carbocycles. The lowest BCUT2D eigenvalue weighted by Crippen LogP contribution is -2.40. The molecule has 1 aliphatic rings. The summed E-state index contributed by atoms with van der Waals surface area (Å²) in [5.74, 6) is -0.109. The van der Waals surface area contributed by atoms with Gasteiger partial charge in [0.1, 0.15) is 5.69 Å². The van der Waals surface area contributed by atoms with E-state index < -0.39 is 0 Å². The molecule has 0 aliphatic carbocycles. The first-order chi connectivity index (χ1) is 13.1. The van der Waals surface area contributed by atoms with Crippen LogP contribution in [0, 0.1) is 0 Å². The second-order valence-electron chi connectivity index (χ2n) is 6.82. The average molecular weight is 363 g/mol. The highest BCUT2D eigenvalue weighted by Crippen LogP contribution is 2.18. The Kier molecular flexibility index (Phi) is 4.58. The third kappa shape index (κ3) is 3.40. The maximum atomic E-state index is 12.9. The summed E-state index contributed by atoms with van der Waals surface area (Å²) in [5.41, 5.74) is 1.91. The number of hydrogen-bond donors (Lipinski definition) is 1. The second-order valence-corrected chi connectivity index (χ2v) is 6.82. The Hall–Kier alpha value is -3.22. The zero-order valence-electron chi connectivity index (χ0n) is 15.1. The Labute approximate surface area is 157 Å². The number of carbonyl (C=O) groups is 2. The fraction of sp³-hybridized carbons (Fsp3) is 0.300. The quantitative estimate of drug-likeness (QED) is 0.758. The number of amides is 2. The summed E-state index contributed by atoms with van der Waals surface area (Å²) < 4.78 is 0. The third-order valence-electron chi connectivity index (χ3n) is 5.08. The number of carbonyl (C=O) groups excluding carboxylic acids is 2. The first-order valence-corrected chi connectivity index (χ1v) is 9.08. The largest absolute Gasteiger partial charge is 0.337 e. The molecule has 1 aliphatic heterocycles. The molecule has 1 fully saturated rings. The van der Waals surface area contributed by atoms with Crippen molar-refractivity contribution in [2.75, 3.05) is 19.6 Å². The van der Waals surface area contributed by atoms with E-state index in [2.05, 4.69) is 15.2 Å². The number of hydrogen-bond acceptors (Lipinski definition) is 4. The molecule has 0 saturated carbocycles. The number of fused-ring (bicyclic) bond motifs is 1. The van der Waals surface area contributed by atoms with Gasteiger partial charge in [0.25, 0.3) is 11.8 Å². The molecule has 3 aromatic rings. The number of H-pyrrole nitrogens is 1. The number of aromatic nitrogens is 3. The molecule has 2 aromatic heterocycles. The standard InChI is InChI=1S/C20H21N5O2/c1-14-7-9-24(10-11-25(14)20(27)17-4-2-3-8-21-17)19(26)15-5-6-16-13-22-23-18(16)12-15/h2-6,8,12-14H,7,9-11H2,1H3,(H,22,23). The molecule has 0 spiro atoms. The van der Waals surface area contributed by atoms with Crippen molar-refractivity contribution < 1.29 is 9.59 Å². The van der Waals surface area contributed by atoms with Crippen LogP contribution in [0.3, 0.4) is 0 Å². The van der Waals surface area contributed by atoms with Crippen LogP contribution in [0.5, 0.6) is 0 Å². The molecule has 7 nitrogen and oxygen atoms in total. The summed E-state index contributed by atoms with van der Waals surface area (Å²) in [4.78, 5) is 33.5. The van der Waals surface area contributed by atoms with Crippen LogP contribution in [0.15, 0.2) is 48.8 Å². The van der Waals surface area contributed by atoms with Gasteiger partial charge in [0.05, 0.1) is 11.7 Å². The molecule has 27 heavy (non-hydrogen) atoms. The topological polar surface area (TPSA) is 82.2 Å². The fourth-order valence-corrected chi connectivity index (χ4v) is 3.45. The van der Waals surface area contributed by atoms with Crippen LogP contribution in [0.25, 0.3) is 10.9 Å². The van der Waals surface area contributed by atoms with Gasteiger partial charge in [0.2, 0.25) is 0 Å². The van der Waals surface area contributed by atoms with Gasteiger partial charge in [0.15, 0.2) is 0 Å². The number of rotatable bonds is 2. The van der Waals surface area contributed by atoms with Gasteiger partial charge in [-0.3, -0.25) is 19.7 Å². The summed E-state index contributed by atoms with van der Waals surface area (Å²) in [6.07, 6.45) is 4.09. The SMILES string of the molecule is CC1CCN(C(=O)c2ccc3cn[nH]c3c2)CCN1C(=O)c1ccccn1. The Balaban J connectivity index is 1.50. The summed E-state index contributed by atoms with van der Waals surface area (Å²) >= 11 is 0. The molecular weight excluding hydrogens is 342 g/mol. The van der Waals surface area contributed by atoms with E-state index in [0.717, 1.165) is 17.3 Å². The number of nitrogens with zero attached hydrogens (tertiary/aromatic N) is 4. The molecule has 1 saturated heterocycles. The van der Waals surface area contributed by atoms with E-state index in [1.807, 2.05) is 41.0 Å². The normalized spacial score (nSPS) is 17.7. The second kappa shape index (κ2) is 7.19. The highest BCUT2D eigenvalue weighted by molar-refractivity contribution is 5.98. The van der Waals surface area contributed by atoms with Crippen LogP contribution in [-0.2, 0) is 0 Å². The lowest BCUT2D eigenvalue weighted by atomic mass is 10.1. The zero-order chi connectivity index (χ0) is 18.8. The minimum absolute atomic E-state index is 0.0224. The maximum Gasteiger partial charge on any atom is 0.272 e. The fourth-order valence-electron chi connectivity index (χ4n) is 3.45. The molecule has 3 heterocycles. The first kappa shape index (κ1) is 17.2. The molecular formula is C20H21N5O2. The average Bonchev–Trinajstić information content (AvgIpc) is 3.09. The van der Waals surface area contributed by atoms with Crippen molar-refractivity contribution in [1.29, 1.82) is 0 Å². The van der Waals surface area contributed by atoms with Crippen molar-refractivity contribution in [3.63, 3.8) is 0 Å². The maximum absolute atomic E-state index is 12.9. The van der Waals surface area contributed by atoms with Gasteiger partial charge in [0, 0.05) is 42.8 Å². The monoisotopic (exact) mass is 363 g/mol. The Morgan fingerprint density at radius 2 is 2.00 bits per heavy atom. The summed E-state index contributed by atoms with van der Waals surface area (Å²) in [6.45, 7) is 3.63. The van der Waals surface area contributed by atoms with E-state index >= 15 is 0 Å². The van der Waals surface area contributed by atoms with E-state index in [1.165, 1.54) is 0 Å². The molecule has 138 valence electrons.